The molecule has 1 heteroatoms. The van der Waals surface area contributed by atoms with Gasteiger partial charge in [0.1, 0.15) is 0 Å². The lowest BCUT2D eigenvalue weighted by Crippen LogP contribution is -2.26. The van der Waals surface area contributed by atoms with E-state index in [9.17, 15) is 0 Å². The van der Waals surface area contributed by atoms with Crippen LogP contribution in [0, 0.1) is 5.41 Å². The number of fused-ring (bicyclic) bond motifs is 1. The molecule has 1 nitrogen and oxygen atoms in total. The average Bonchev–Trinajstić information content (AvgIpc) is 2.61. The zero-order valence-corrected chi connectivity index (χ0v) is 9.75. The molecule has 1 unspecified atom stereocenters. The quantitative estimate of drug-likeness (QED) is 0.741. The fraction of sp³-hybridized carbons (Fsp3) is 0.429. The normalized spacial score (nSPS) is 16.5. The molecule has 0 aromatic heterocycles. The topological polar surface area (TPSA) is 26.0 Å². The molecule has 1 aliphatic rings. The third kappa shape index (κ3) is 1.98. The molecule has 1 aromatic carbocycles. The van der Waals surface area contributed by atoms with Crippen LogP contribution in [0.2, 0.25) is 0 Å². The molecule has 2 rings (SSSR count). The lowest BCUT2D eigenvalue weighted by atomic mass is 9.82. The van der Waals surface area contributed by atoms with E-state index in [0.29, 0.717) is 0 Å². The third-order valence-electron chi connectivity index (χ3n) is 3.10. The smallest absolute Gasteiger partial charge is 0.0344 e. The van der Waals surface area contributed by atoms with Crippen LogP contribution in [0.15, 0.2) is 24.3 Å². The van der Waals surface area contributed by atoms with E-state index >= 15 is 0 Å². The zero-order valence-electron chi connectivity index (χ0n) is 9.75. The molecule has 15 heavy (non-hydrogen) atoms. The highest BCUT2D eigenvalue weighted by molar-refractivity contribution is 5.60. The van der Waals surface area contributed by atoms with E-state index in [1.54, 1.807) is 0 Å². The van der Waals surface area contributed by atoms with Crippen molar-refractivity contribution >= 4 is 6.08 Å². The lowest BCUT2D eigenvalue weighted by molar-refractivity contribution is 0.327. The highest BCUT2D eigenvalue weighted by Gasteiger charge is 2.22. The molecule has 0 saturated heterocycles. The van der Waals surface area contributed by atoms with Crippen LogP contribution in [0.1, 0.15) is 43.5 Å². The van der Waals surface area contributed by atoms with Crippen molar-refractivity contribution in [2.75, 3.05) is 0 Å². The van der Waals surface area contributed by atoms with E-state index in [4.69, 9.17) is 5.73 Å². The van der Waals surface area contributed by atoms with Crippen LogP contribution < -0.4 is 5.73 Å². The first kappa shape index (κ1) is 10.4. The second kappa shape index (κ2) is 3.49. The lowest BCUT2D eigenvalue weighted by Gasteiger charge is -2.27. The average molecular weight is 201 g/mol. The van der Waals surface area contributed by atoms with Crippen LogP contribution in [-0.2, 0) is 6.42 Å². The summed E-state index contributed by atoms with van der Waals surface area (Å²) in [6, 6.07) is 6.71. The van der Waals surface area contributed by atoms with Crippen LogP contribution in [0.25, 0.3) is 6.08 Å². The summed E-state index contributed by atoms with van der Waals surface area (Å²) in [6.45, 7) is 6.54. The number of hydrogen-bond acceptors (Lipinski definition) is 1. The van der Waals surface area contributed by atoms with Gasteiger partial charge in [-0.3, -0.25) is 0 Å². The first-order valence-corrected chi connectivity index (χ1v) is 5.53. The molecular formula is C14H19N. The summed E-state index contributed by atoms with van der Waals surface area (Å²) in [5.41, 5.74) is 10.4. The molecule has 0 saturated carbocycles. The van der Waals surface area contributed by atoms with Crippen LogP contribution in [-0.4, -0.2) is 0 Å². The monoisotopic (exact) mass is 201 g/mol. The first-order valence-electron chi connectivity index (χ1n) is 5.53. The van der Waals surface area contributed by atoms with Crippen molar-refractivity contribution in [3.63, 3.8) is 0 Å². The van der Waals surface area contributed by atoms with Gasteiger partial charge in [0.15, 0.2) is 0 Å². The number of hydrogen-bond donors (Lipinski definition) is 1. The van der Waals surface area contributed by atoms with Crippen molar-refractivity contribution < 1.29 is 0 Å². The number of benzene rings is 1. The number of allylic oxidation sites excluding steroid dienone is 1. The number of rotatable bonds is 1. The third-order valence-corrected chi connectivity index (χ3v) is 3.10. The van der Waals surface area contributed by atoms with Crippen molar-refractivity contribution in [2.45, 2.75) is 33.2 Å². The van der Waals surface area contributed by atoms with E-state index in [1.807, 2.05) is 0 Å². The maximum Gasteiger partial charge on any atom is 0.0344 e. The van der Waals surface area contributed by atoms with Crippen LogP contribution >= 0.6 is 0 Å². The van der Waals surface area contributed by atoms with E-state index in [-0.39, 0.29) is 11.5 Å². The molecule has 1 atom stereocenters. The molecule has 0 bridgehead atoms. The minimum Gasteiger partial charge on any atom is -0.324 e. The largest absolute Gasteiger partial charge is 0.324 e. The van der Waals surface area contributed by atoms with Gasteiger partial charge in [0.25, 0.3) is 0 Å². The van der Waals surface area contributed by atoms with E-state index in [1.165, 1.54) is 16.7 Å². The second-order valence-corrected chi connectivity index (χ2v) is 5.41. The molecule has 1 aromatic rings. The standard InChI is InChI=1S/C14H19N/c1-14(2,3)13(15)12-8-7-10-5-4-6-11(10)9-12/h4,6-9,13H,5,15H2,1-3H3. The SMILES string of the molecule is CC(C)(C)C(N)c1ccc2c(c1)C=CC2. The van der Waals surface area contributed by atoms with E-state index in [0.717, 1.165) is 6.42 Å². The Morgan fingerprint density at radius 1 is 1.27 bits per heavy atom. The maximum absolute atomic E-state index is 6.24. The Labute approximate surface area is 92.0 Å². The fourth-order valence-electron chi connectivity index (χ4n) is 1.96. The summed E-state index contributed by atoms with van der Waals surface area (Å²) in [4.78, 5) is 0. The molecule has 0 fully saturated rings. The Hall–Kier alpha value is -1.08. The van der Waals surface area contributed by atoms with Gasteiger partial charge >= 0.3 is 0 Å². The minimum atomic E-state index is 0.108. The molecule has 0 spiro atoms. The predicted molar refractivity (Wildman–Crippen MR) is 65.6 cm³/mol. The van der Waals surface area contributed by atoms with Crippen LogP contribution in [0.3, 0.4) is 0 Å². The Morgan fingerprint density at radius 3 is 2.67 bits per heavy atom. The van der Waals surface area contributed by atoms with Gasteiger partial charge in [-0.2, -0.15) is 0 Å². The Kier molecular flexibility index (Phi) is 2.43. The zero-order chi connectivity index (χ0) is 11.1. The highest BCUT2D eigenvalue weighted by Crippen LogP contribution is 2.32. The summed E-state index contributed by atoms with van der Waals surface area (Å²) in [7, 11) is 0. The summed E-state index contributed by atoms with van der Waals surface area (Å²) >= 11 is 0. The maximum atomic E-state index is 6.24. The van der Waals surface area contributed by atoms with E-state index < -0.39 is 0 Å². The van der Waals surface area contributed by atoms with Crippen LogP contribution in [0.5, 0.6) is 0 Å². The minimum absolute atomic E-state index is 0.108. The van der Waals surface area contributed by atoms with Gasteiger partial charge < -0.3 is 5.73 Å². The van der Waals surface area contributed by atoms with Crippen molar-refractivity contribution in [3.8, 4) is 0 Å². The first-order chi connectivity index (χ1) is 6.98. The van der Waals surface area contributed by atoms with Gasteiger partial charge in [0.05, 0.1) is 0 Å². The predicted octanol–water partition coefficient (Wildman–Crippen LogP) is 3.30. The van der Waals surface area contributed by atoms with Gasteiger partial charge in [-0.05, 0) is 34.6 Å². The van der Waals surface area contributed by atoms with Crippen LogP contribution in [0.4, 0.5) is 0 Å². The fourth-order valence-corrected chi connectivity index (χ4v) is 1.96. The van der Waals surface area contributed by atoms with Crippen molar-refractivity contribution in [3.05, 3.63) is 41.0 Å². The molecule has 0 radical (unpaired) electrons. The molecule has 0 heterocycles. The van der Waals surface area contributed by atoms with Gasteiger partial charge in [-0.1, -0.05) is 45.1 Å². The van der Waals surface area contributed by atoms with Crippen molar-refractivity contribution in [1.29, 1.82) is 0 Å². The summed E-state index contributed by atoms with van der Waals surface area (Å²) in [5.74, 6) is 0. The molecule has 0 amide bonds. The van der Waals surface area contributed by atoms with Gasteiger partial charge in [-0.25, -0.2) is 0 Å². The molecule has 2 N–H and O–H groups in total. The Morgan fingerprint density at radius 2 is 2.00 bits per heavy atom. The number of nitrogens with two attached hydrogens (primary N) is 1. The van der Waals surface area contributed by atoms with Crippen molar-refractivity contribution in [2.24, 2.45) is 11.1 Å². The van der Waals surface area contributed by atoms with Crippen molar-refractivity contribution in [1.82, 2.24) is 0 Å². The molecule has 0 aliphatic heterocycles. The molecular weight excluding hydrogens is 182 g/mol. The molecule has 80 valence electrons. The van der Waals surface area contributed by atoms with Gasteiger partial charge in [0.2, 0.25) is 0 Å². The Bertz CT molecular complexity index is 396. The van der Waals surface area contributed by atoms with Gasteiger partial charge in [-0.15, -0.1) is 0 Å². The summed E-state index contributed by atoms with van der Waals surface area (Å²) in [5, 5.41) is 0. The summed E-state index contributed by atoms with van der Waals surface area (Å²) in [6.07, 6.45) is 5.46. The second-order valence-electron chi connectivity index (χ2n) is 5.41. The van der Waals surface area contributed by atoms with Gasteiger partial charge in [0, 0.05) is 6.04 Å². The molecule has 1 aliphatic carbocycles. The highest BCUT2D eigenvalue weighted by atomic mass is 14.7. The Balaban J connectivity index is 2.34. The van der Waals surface area contributed by atoms with E-state index in [2.05, 4.69) is 51.1 Å². The summed E-state index contributed by atoms with van der Waals surface area (Å²) < 4.78 is 0.